The van der Waals surface area contributed by atoms with Crippen molar-refractivity contribution < 1.29 is 53.2 Å². The van der Waals surface area contributed by atoms with E-state index in [1.807, 2.05) is 6.92 Å². The minimum absolute atomic E-state index is 0.00551. The molecule has 0 aromatic rings. The van der Waals surface area contributed by atoms with E-state index >= 15 is 0 Å². The fourth-order valence-electron chi connectivity index (χ4n) is 10.4. The monoisotopic (exact) mass is 623 g/mol. The number of nitrogens with zero attached hydrogens (tertiary/aromatic N) is 1. The smallest absolute Gasteiger partial charge is 0.201 e. The Balaban J connectivity index is 0.934. The van der Waals surface area contributed by atoms with E-state index in [9.17, 15) is 5.21 Å². The zero-order valence-electron chi connectivity index (χ0n) is 26.6. The largest absolute Gasteiger partial charge is 0.411 e. The maximum atomic E-state index is 9.94. The number of rotatable bonds is 6. The third kappa shape index (κ3) is 4.28. The Morgan fingerprint density at radius 3 is 2.27 bits per heavy atom. The summed E-state index contributed by atoms with van der Waals surface area (Å²) in [7, 11) is 0. The standard InChI is InChI=1S/C32H49NO11/c1-17-8-9-22-18(2)25(38-27-31(22)21(17)10-11-24(37-27)41-43-31)35-15-20(33-34)16-36-26-19(3)23-7-6-12-29(4)13-14-30(5)40-28(39-26)32(23,29)44-42-30/h17-19,21-28,34H,6-16H2,1-5H3/b33-20+/t17-,18-,19-,21+,22+,23+,24-,25+,26+,27+,28?,29-,30-,31-,32-/m1/s1. The molecule has 12 nitrogen and oxygen atoms in total. The second-order valence-electron chi connectivity index (χ2n) is 15.4. The van der Waals surface area contributed by atoms with Crippen molar-refractivity contribution in [2.24, 2.45) is 46.1 Å². The van der Waals surface area contributed by atoms with E-state index in [1.54, 1.807) is 0 Å². The normalized spacial score (nSPS) is 56.4. The molecule has 8 saturated heterocycles. The van der Waals surface area contributed by atoms with E-state index in [4.69, 9.17) is 48.0 Å². The van der Waals surface area contributed by atoms with E-state index in [-0.39, 0.29) is 42.3 Å². The molecule has 0 amide bonds. The second kappa shape index (κ2) is 10.8. The number of ether oxygens (including phenoxy) is 6. The first kappa shape index (κ1) is 30.4. The quantitative estimate of drug-likeness (QED) is 0.186. The summed E-state index contributed by atoms with van der Waals surface area (Å²) in [5.41, 5.74) is -1.09. The van der Waals surface area contributed by atoms with Gasteiger partial charge in [0.1, 0.15) is 5.71 Å². The Morgan fingerprint density at radius 2 is 1.50 bits per heavy atom. The number of hydrogen-bond donors (Lipinski definition) is 1. The van der Waals surface area contributed by atoms with Crippen LogP contribution in [0.2, 0.25) is 0 Å². The van der Waals surface area contributed by atoms with Gasteiger partial charge in [-0.05, 0) is 57.3 Å². The molecule has 12 heteroatoms. The molecule has 10 aliphatic rings. The summed E-state index contributed by atoms with van der Waals surface area (Å²) in [6, 6.07) is 0. The van der Waals surface area contributed by atoms with Crippen LogP contribution in [-0.4, -0.2) is 72.6 Å². The third-order valence-electron chi connectivity index (χ3n) is 13.0. The van der Waals surface area contributed by atoms with Gasteiger partial charge in [0.25, 0.3) is 0 Å². The van der Waals surface area contributed by atoms with Crippen molar-refractivity contribution in [3.8, 4) is 0 Å². The summed E-state index contributed by atoms with van der Waals surface area (Å²) in [6.07, 6.45) is 5.95. The summed E-state index contributed by atoms with van der Waals surface area (Å²) < 4.78 is 38.3. The molecule has 15 atom stereocenters. The van der Waals surface area contributed by atoms with Gasteiger partial charge in [0.15, 0.2) is 42.7 Å². The van der Waals surface area contributed by atoms with Crippen molar-refractivity contribution in [2.75, 3.05) is 13.2 Å². The summed E-state index contributed by atoms with van der Waals surface area (Å²) >= 11 is 0. The van der Waals surface area contributed by atoms with Crippen molar-refractivity contribution in [1.82, 2.24) is 0 Å². The molecule has 1 N–H and O–H groups in total. The molecule has 2 spiro atoms. The van der Waals surface area contributed by atoms with Gasteiger partial charge in [-0.3, -0.25) is 0 Å². The first-order valence-corrected chi connectivity index (χ1v) is 16.9. The molecular formula is C32H49NO11. The molecule has 0 aromatic heterocycles. The SMILES string of the molecule is C[C@H]1[C@@H](OC/C(CO[C@H]2OC3O[C@@]4(C)CC[C@@]5(C)CCC[C@@H]([C@H]2C)[C@@]35OO4)=N\O)O[C@@H]2O[C@H]3CC[C@H]4[C@H](C)CC[C@@H]1[C@@]24OO3. The van der Waals surface area contributed by atoms with Crippen molar-refractivity contribution in [2.45, 2.75) is 141 Å². The van der Waals surface area contributed by atoms with Crippen LogP contribution in [0.5, 0.6) is 0 Å². The predicted molar refractivity (Wildman–Crippen MR) is 150 cm³/mol. The minimum atomic E-state index is -0.860. The fourth-order valence-corrected chi connectivity index (χ4v) is 10.4. The zero-order chi connectivity index (χ0) is 30.5. The molecule has 0 aromatic carbocycles. The molecule has 10 rings (SSSR count). The van der Waals surface area contributed by atoms with Gasteiger partial charge < -0.3 is 33.6 Å². The Hall–Kier alpha value is -0.930. The van der Waals surface area contributed by atoms with Crippen LogP contribution in [0.3, 0.4) is 0 Å². The van der Waals surface area contributed by atoms with Crippen LogP contribution in [0, 0.1) is 40.9 Å². The molecule has 248 valence electrons. The van der Waals surface area contributed by atoms with E-state index in [1.165, 1.54) is 0 Å². The molecule has 10 fully saturated rings. The number of fused-ring (bicyclic) bond motifs is 4. The lowest BCUT2D eigenvalue weighted by Gasteiger charge is -2.62. The van der Waals surface area contributed by atoms with Crippen LogP contribution in [0.15, 0.2) is 5.16 Å². The van der Waals surface area contributed by atoms with Gasteiger partial charge >= 0.3 is 0 Å². The molecule has 8 heterocycles. The maximum Gasteiger partial charge on any atom is 0.201 e. The highest BCUT2D eigenvalue weighted by atomic mass is 17.3. The Kier molecular flexibility index (Phi) is 7.46. The summed E-state index contributed by atoms with van der Waals surface area (Å²) in [6.45, 7) is 10.8. The molecule has 44 heavy (non-hydrogen) atoms. The minimum Gasteiger partial charge on any atom is -0.411 e. The van der Waals surface area contributed by atoms with Crippen LogP contribution < -0.4 is 0 Å². The van der Waals surface area contributed by atoms with Crippen LogP contribution in [0.25, 0.3) is 0 Å². The van der Waals surface area contributed by atoms with Gasteiger partial charge in [-0.1, -0.05) is 39.3 Å². The van der Waals surface area contributed by atoms with Gasteiger partial charge in [-0.25, -0.2) is 19.6 Å². The molecular weight excluding hydrogens is 574 g/mol. The van der Waals surface area contributed by atoms with Crippen molar-refractivity contribution in [3.63, 3.8) is 0 Å². The maximum absolute atomic E-state index is 9.94. The summed E-state index contributed by atoms with van der Waals surface area (Å²) in [5.74, 6) is 0.255. The van der Waals surface area contributed by atoms with Gasteiger partial charge in [0.05, 0.1) is 13.2 Å². The summed E-state index contributed by atoms with van der Waals surface area (Å²) in [5, 5.41) is 13.5. The molecule has 2 aliphatic carbocycles. The highest BCUT2D eigenvalue weighted by Crippen LogP contribution is 2.65. The lowest BCUT2D eigenvalue weighted by Crippen LogP contribution is -2.72. The van der Waals surface area contributed by atoms with Crippen LogP contribution in [-0.2, 0) is 48.0 Å². The number of oxime groups is 1. The topological polar surface area (TPSA) is 125 Å². The van der Waals surface area contributed by atoms with Crippen molar-refractivity contribution in [1.29, 1.82) is 0 Å². The zero-order valence-corrected chi connectivity index (χ0v) is 26.6. The van der Waals surface area contributed by atoms with Crippen LogP contribution in [0.4, 0.5) is 0 Å². The van der Waals surface area contributed by atoms with Gasteiger partial charge in [0.2, 0.25) is 5.79 Å². The molecule has 8 aliphatic heterocycles. The summed E-state index contributed by atoms with van der Waals surface area (Å²) in [4.78, 5) is 24.1. The van der Waals surface area contributed by atoms with Gasteiger partial charge in [-0.2, -0.15) is 0 Å². The predicted octanol–water partition coefficient (Wildman–Crippen LogP) is 5.02. The Morgan fingerprint density at radius 1 is 0.773 bits per heavy atom. The fraction of sp³-hybridized carbons (Fsp3) is 0.969. The average molecular weight is 624 g/mol. The molecule has 2 saturated carbocycles. The molecule has 4 bridgehead atoms. The lowest BCUT2D eigenvalue weighted by atomic mass is 9.54. The van der Waals surface area contributed by atoms with E-state index in [2.05, 4.69) is 32.9 Å². The van der Waals surface area contributed by atoms with Gasteiger partial charge in [-0.15, -0.1) is 0 Å². The highest BCUT2D eigenvalue weighted by Gasteiger charge is 2.73. The first-order chi connectivity index (χ1) is 21.1. The van der Waals surface area contributed by atoms with Crippen molar-refractivity contribution >= 4 is 5.71 Å². The van der Waals surface area contributed by atoms with Crippen LogP contribution >= 0.6 is 0 Å². The second-order valence-corrected chi connectivity index (χ2v) is 15.4. The molecule has 0 radical (unpaired) electrons. The van der Waals surface area contributed by atoms with Gasteiger partial charge in [0, 0.05) is 41.9 Å². The number of hydrogen-bond acceptors (Lipinski definition) is 12. The lowest BCUT2D eigenvalue weighted by molar-refractivity contribution is -0.581. The van der Waals surface area contributed by atoms with E-state index in [0.717, 1.165) is 57.8 Å². The van der Waals surface area contributed by atoms with E-state index in [0.29, 0.717) is 17.5 Å². The third-order valence-corrected chi connectivity index (χ3v) is 13.0. The van der Waals surface area contributed by atoms with Crippen LogP contribution in [0.1, 0.15) is 92.4 Å². The first-order valence-electron chi connectivity index (χ1n) is 16.9. The Labute approximate surface area is 259 Å². The molecule has 1 unspecified atom stereocenters. The highest BCUT2D eigenvalue weighted by molar-refractivity contribution is 5.86. The Bertz CT molecular complexity index is 1140. The van der Waals surface area contributed by atoms with E-state index < -0.39 is 48.4 Å². The average Bonchev–Trinajstić information content (AvgIpc) is 3.39. The van der Waals surface area contributed by atoms with Crippen molar-refractivity contribution in [3.05, 3.63) is 0 Å².